The Labute approximate surface area is 305 Å². The van der Waals surface area contributed by atoms with Crippen LogP contribution in [0.1, 0.15) is 226 Å². The molecular formula is C44H85NO4. The van der Waals surface area contributed by atoms with Gasteiger partial charge in [0.1, 0.15) is 0 Å². The van der Waals surface area contributed by atoms with Gasteiger partial charge >= 0.3 is 0 Å². The molecule has 0 aromatic carbocycles. The topological polar surface area (TPSA) is 89.8 Å². The lowest BCUT2D eigenvalue weighted by atomic mass is 10.0. The predicted molar refractivity (Wildman–Crippen MR) is 213 cm³/mol. The largest absolute Gasteiger partial charge is 0.394 e. The first-order chi connectivity index (χ1) is 24.0. The van der Waals surface area contributed by atoms with Gasteiger partial charge in [-0.15, -0.1) is 0 Å². The van der Waals surface area contributed by atoms with Crippen LogP contribution in [0.2, 0.25) is 0 Å². The molecule has 290 valence electrons. The smallest absolute Gasteiger partial charge is 0.222 e. The maximum absolute atomic E-state index is 12.4. The zero-order valence-electron chi connectivity index (χ0n) is 32.8. The van der Waals surface area contributed by atoms with Crippen molar-refractivity contribution in [2.45, 2.75) is 244 Å². The van der Waals surface area contributed by atoms with Crippen molar-refractivity contribution in [2.24, 2.45) is 0 Å². The molecule has 0 aliphatic rings. The summed E-state index contributed by atoms with van der Waals surface area (Å²) in [6, 6.07) is -0.661. The van der Waals surface area contributed by atoms with Gasteiger partial charge in [0.15, 0.2) is 0 Å². The molecule has 0 radical (unpaired) electrons. The van der Waals surface area contributed by atoms with Gasteiger partial charge in [-0.05, 0) is 44.9 Å². The van der Waals surface area contributed by atoms with Crippen LogP contribution in [0.4, 0.5) is 0 Å². The van der Waals surface area contributed by atoms with Gasteiger partial charge in [-0.2, -0.15) is 0 Å². The first-order valence-corrected chi connectivity index (χ1v) is 21.6. The van der Waals surface area contributed by atoms with Gasteiger partial charge in [-0.3, -0.25) is 4.79 Å². The summed E-state index contributed by atoms with van der Waals surface area (Å²) in [6.07, 6.45) is 47.1. The van der Waals surface area contributed by atoms with Crippen molar-refractivity contribution in [1.29, 1.82) is 0 Å². The normalized spacial score (nSPS) is 13.8. The highest BCUT2D eigenvalue weighted by Crippen LogP contribution is 2.16. The summed E-state index contributed by atoms with van der Waals surface area (Å²) in [6.45, 7) is 4.24. The summed E-state index contributed by atoms with van der Waals surface area (Å²) >= 11 is 0. The second-order valence-corrected chi connectivity index (χ2v) is 15.0. The monoisotopic (exact) mass is 692 g/mol. The maximum atomic E-state index is 12.4. The number of amides is 1. The highest BCUT2D eigenvalue weighted by molar-refractivity contribution is 5.76. The van der Waals surface area contributed by atoms with Crippen molar-refractivity contribution in [2.75, 3.05) is 6.61 Å². The molecule has 0 aromatic rings. The third kappa shape index (κ3) is 36.4. The lowest BCUT2D eigenvalue weighted by molar-refractivity contribution is -0.125. The fourth-order valence-corrected chi connectivity index (χ4v) is 6.67. The van der Waals surface area contributed by atoms with E-state index < -0.39 is 18.2 Å². The number of carbonyl (C=O) groups excluding carboxylic acids is 1. The van der Waals surface area contributed by atoms with E-state index >= 15 is 0 Å². The third-order valence-electron chi connectivity index (χ3n) is 10.0. The molecule has 49 heavy (non-hydrogen) atoms. The number of hydrogen-bond acceptors (Lipinski definition) is 4. The van der Waals surface area contributed by atoms with E-state index in [1.165, 1.54) is 148 Å². The molecule has 5 heteroatoms. The molecule has 0 fully saturated rings. The van der Waals surface area contributed by atoms with Crippen molar-refractivity contribution in [3.8, 4) is 0 Å². The van der Waals surface area contributed by atoms with Crippen LogP contribution in [-0.4, -0.2) is 46.1 Å². The summed E-state index contributed by atoms with van der Waals surface area (Å²) < 4.78 is 0. The standard InChI is InChI=1S/C44H85NO4/c1-3-5-7-9-11-13-15-17-19-20-21-22-24-26-28-30-32-34-36-38-43(48)42(40-46)45-44(49)39-41(47)37-35-33-31-29-27-25-23-18-16-14-12-10-8-6-4-2/h12,14,18,23,41-43,46-48H,3-11,13,15-17,19-22,24-40H2,1-2H3,(H,45,49)/b14-12-,23-18-. The summed E-state index contributed by atoms with van der Waals surface area (Å²) in [5.74, 6) is -0.290. The van der Waals surface area contributed by atoms with Gasteiger partial charge in [-0.1, -0.05) is 199 Å². The van der Waals surface area contributed by atoms with E-state index in [4.69, 9.17) is 0 Å². The Morgan fingerprint density at radius 3 is 1.33 bits per heavy atom. The Balaban J connectivity index is 3.63. The van der Waals surface area contributed by atoms with Gasteiger partial charge < -0.3 is 20.6 Å². The minimum atomic E-state index is -0.751. The lowest BCUT2D eigenvalue weighted by Gasteiger charge is -2.23. The van der Waals surface area contributed by atoms with Crippen molar-refractivity contribution < 1.29 is 20.1 Å². The van der Waals surface area contributed by atoms with E-state index in [-0.39, 0.29) is 18.9 Å². The number of nitrogens with one attached hydrogen (secondary N) is 1. The van der Waals surface area contributed by atoms with E-state index in [9.17, 15) is 20.1 Å². The molecule has 1 amide bonds. The van der Waals surface area contributed by atoms with Crippen molar-refractivity contribution in [1.82, 2.24) is 5.32 Å². The van der Waals surface area contributed by atoms with E-state index in [1.807, 2.05) is 0 Å². The Morgan fingerprint density at radius 1 is 0.510 bits per heavy atom. The highest BCUT2D eigenvalue weighted by Gasteiger charge is 2.21. The van der Waals surface area contributed by atoms with Crippen LogP contribution in [-0.2, 0) is 4.79 Å². The first kappa shape index (κ1) is 47.8. The van der Waals surface area contributed by atoms with E-state index in [1.54, 1.807) is 0 Å². The van der Waals surface area contributed by atoms with Crippen LogP contribution in [0.15, 0.2) is 24.3 Å². The van der Waals surface area contributed by atoms with E-state index in [2.05, 4.69) is 43.5 Å². The van der Waals surface area contributed by atoms with Crippen LogP contribution in [0.25, 0.3) is 0 Å². The third-order valence-corrected chi connectivity index (χ3v) is 10.0. The van der Waals surface area contributed by atoms with Crippen LogP contribution in [0.5, 0.6) is 0 Å². The number of allylic oxidation sites excluding steroid dienone is 4. The molecule has 3 unspecified atom stereocenters. The molecule has 0 saturated heterocycles. The quantitative estimate of drug-likeness (QED) is 0.0381. The Bertz CT molecular complexity index is 724. The Hall–Kier alpha value is -1.17. The van der Waals surface area contributed by atoms with Crippen LogP contribution in [0, 0.1) is 0 Å². The summed E-state index contributed by atoms with van der Waals surface area (Å²) in [7, 11) is 0. The van der Waals surface area contributed by atoms with Crippen LogP contribution < -0.4 is 5.32 Å². The number of carbonyl (C=O) groups is 1. The fraction of sp³-hybridized carbons (Fsp3) is 0.886. The number of rotatable bonds is 39. The van der Waals surface area contributed by atoms with Gasteiger partial charge in [-0.25, -0.2) is 0 Å². The van der Waals surface area contributed by atoms with Gasteiger partial charge in [0.25, 0.3) is 0 Å². The minimum absolute atomic E-state index is 0.0281. The van der Waals surface area contributed by atoms with Gasteiger partial charge in [0.2, 0.25) is 5.91 Å². The molecular weight excluding hydrogens is 606 g/mol. The Morgan fingerprint density at radius 2 is 0.878 bits per heavy atom. The van der Waals surface area contributed by atoms with Crippen molar-refractivity contribution in [3.63, 3.8) is 0 Å². The SMILES string of the molecule is CCCCC/C=C\C/C=C\CCCCCCCC(O)CC(=O)NC(CO)C(O)CCCCCCCCCCCCCCCCCCCCC. The second-order valence-electron chi connectivity index (χ2n) is 15.0. The van der Waals surface area contributed by atoms with Crippen molar-refractivity contribution >= 4 is 5.91 Å². The molecule has 0 heterocycles. The summed E-state index contributed by atoms with van der Waals surface area (Å²) in [4.78, 5) is 12.4. The predicted octanol–water partition coefficient (Wildman–Crippen LogP) is 12.2. The molecule has 0 rings (SSSR count). The summed E-state index contributed by atoms with van der Waals surface area (Å²) in [5, 5.41) is 33.4. The highest BCUT2D eigenvalue weighted by atomic mass is 16.3. The molecule has 3 atom stereocenters. The maximum Gasteiger partial charge on any atom is 0.222 e. The second kappa shape index (κ2) is 39.6. The van der Waals surface area contributed by atoms with Crippen molar-refractivity contribution in [3.05, 3.63) is 24.3 Å². The first-order valence-electron chi connectivity index (χ1n) is 21.6. The van der Waals surface area contributed by atoms with Crippen LogP contribution >= 0.6 is 0 Å². The Kier molecular flexibility index (Phi) is 38.7. The van der Waals surface area contributed by atoms with Gasteiger partial charge in [0.05, 0.1) is 31.3 Å². The zero-order chi connectivity index (χ0) is 35.9. The molecule has 0 aliphatic heterocycles. The fourth-order valence-electron chi connectivity index (χ4n) is 6.67. The number of unbranched alkanes of at least 4 members (excludes halogenated alkanes) is 26. The zero-order valence-corrected chi connectivity index (χ0v) is 32.8. The molecule has 4 N–H and O–H groups in total. The molecule has 0 bridgehead atoms. The molecule has 5 nitrogen and oxygen atoms in total. The molecule has 0 aliphatic carbocycles. The number of hydrogen-bond donors (Lipinski definition) is 4. The number of aliphatic hydroxyl groups excluding tert-OH is 3. The van der Waals surface area contributed by atoms with Gasteiger partial charge in [0, 0.05) is 0 Å². The number of aliphatic hydroxyl groups is 3. The average Bonchev–Trinajstić information content (AvgIpc) is 3.09. The summed E-state index contributed by atoms with van der Waals surface area (Å²) in [5.41, 5.74) is 0. The van der Waals surface area contributed by atoms with E-state index in [0.29, 0.717) is 12.8 Å². The van der Waals surface area contributed by atoms with Crippen LogP contribution in [0.3, 0.4) is 0 Å². The molecule has 0 spiro atoms. The van der Waals surface area contributed by atoms with E-state index in [0.717, 1.165) is 44.9 Å². The average molecular weight is 692 g/mol. The molecule has 0 saturated carbocycles. The lowest BCUT2D eigenvalue weighted by Crippen LogP contribution is -2.46. The molecule has 0 aromatic heterocycles. The minimum Gasteiger partial charge on any atom is -0.394 e.